The Balaban J connectivity index is 1.99. The Kier molecular flexibility index (Phi) is 5.09. The minimum absolute atomic E-state index is 0.472. The lowest BCUT2D eigenvalue weighted by Gasteiger charge is -2.31. The predicted octanol–water partition coefficient (Wildman–Crippen LogP) is 4.86. The van der Waals surface area contributed by atoms with Crippen LogP contribution < -0.4 is 4.74 Å². The van der Waals surface area contributed by atoms with E-state index < -0.39 is 0 Å². The number of H-pyrrole nitrogens is 1. The molecule has 0 amide bonds. The van der Waals surface area contributed by atoms with Crippen molar-refractivity contribution < 1.29 is 4.74 Å². The number of rotatable bonds is 6. The van der Waals surface area contributed by atoms with Gasteiger partial charge in [0.1, 0.15) is 11.6 Å². The molecule has 3 rings (SSSR count). The van der Waals surface area contributed by atoms with E-state index in [1.165, 1.54) is 5.56 Å². The Hall–Kier alpha value is -2.33. The average molecular weight is 337 g/mol. The van der Waals surface area contributed by atoms with E-state index in [4.69, 9.17) is 9.72 Å². The number of ether oxygens (including phenoxy) is 1. The molecule has 0 aliphatic carbocycles. The molecule has 25 heavy (non-hydrogen) atoms. The summed E-state index contributed by atoms with van der Waals surface area (Å²) in [6.45, 7) is 9.78. The number of imidazole rings is 1. The maximum Gasteiger partial charge on any atom is 0.138 e. The van der Waals surface area contributed by atoms with Crippen molar-refractivity contribution in [2.45, 2.75) is 46.3 Å². The molecule has 0 bridgehead atoms. The molecule has 0 aliphatic heterocycles. The van der Waals surface area contributed by atoms with E-state index in [2.05, 4.69) is 55.8 Å². The molecule has 0 atom stereocenters. The minimum Gasteiger partial charge on any atom is -0.496 e. The molecule has 0 aliphatic rings. The minimum atomic E-state index is 0.472. The first-order valence-corrected chi connectivity index (χ1v) is 8.87. The Morgan fingerprint density at radius 1 is 1.04 bits per heavy atom. The summed E-state index contributed by atoms with van der Waals surface area (Å²) in [5, 5.41) is 0. The number of para-hydroxylation sites is 2. The highest BCUT2D eigenvalue weighted by molar-refractivity contribution is 5.79. The van der Waals surface area contributed by atoms with Gasteiger partial charge in [0.05, 0.1) is 18.1 Å². The second-order valence-corrected chi connectivity index (χ2v) is 6.99. The van der Waals surface area contributed by atoms with Gasteiger partial charge in [-0.1, -0.05) is 12.1 Å². The third kappa shape index (κ3) is 3.69. The molecule has 4 nitrogen and oxygen atoms in total. The van der Waals surface area contributed by atoms with Crippen molar-refractivity contribution in [3.63, 3.8) is 0 Å². The third-order valence-electron chi connectivity index (χ3n) is 4.62. The highest BCUT2D eigenvalue weighted by Gasteiger charge is 2.17. The molecule has 1 aromatic heterocycles. The SMILES string of the molecule is COc1ccc(-c2nc3ccccc3[nH]2)cc1CN(C(C)C)C(C)C. The summed E-state index contributed by atoms with van der Waals surface area (Å²) >= 11 is 0. The van der Waals surface area contributed by atoms with E-state index >= 15 is 0 Å². The summed E-state index contributed by atoms with van der Waals surface area (Å²) < 4.78 is 5.60. The fraction of sp³-hybridized carbons (Fsp3) is 0.381. The van der Waals surface area contributed by atoms with Gasteiger partial charge in [0.25, 0.3) is 0 Å². The topological polar surface area (TPSA) is 41.1 Å². The highest BCUT2D eigenvalue weighted by Crippen LogP contribution is 2.28. The Morgan fingerprint density at radius 2 is 1.76 bits per heavy atom. The summed E-state index contributed by atoms with van der Waals surface area (Å²) in [4.78, 5) is 10.6. The summed E-state index contributed by atoms with van der Waals surface area (Å²) in [5.74, 6) is 1.82. The zero-order valence-electron chi connectivity index (χ0n) is 15.7. The number of hydrogen-bond donors (Lipinski definition) is 1. The lowest BCUT2D eigenvalue weighted by atomic mass is 10.1. The van der Waals surface area contributed by atoms with Crippen LogP contribution >= 0.6 is 0 Å². The van der Waals surface area contributed by atoms with Crippen molar-refractivity contribution in [2.24, 2.45) is 0 Å². The van der Waals surface area contributed by atoms with Crippen LogP contribution in [0.15, 0.2) is 42.5 Å². The number of fused-ring (bicyclic) bond motifs is 1. The van der Waals surface area contributed by atoms with Gasteiger partial charge in [0, 0.05) is 29.8 Å². The number of nitrogens with one attached hydrogen (secondary N) is 1. The molecule has 1 heterocycles. The predicted molar refractivity (Wildman–Crippen MR) is 104 cm³/mol. The second-order valence-electron chi connectivity index (χ2n) is 6.99. The molecule has 0 spiro atoms. The van der Waals surface area contributed by atoms with Crippen LogP contribution in [0, 0.1) is 0 Å². The molecular weight excluding hydrogens is 310 g/mol. The van der Waals surface area contributed by atoms with E-state index in [1.807, 2.05) is 24.3 Å². The summed E-state index contributed by atoms with van der Waals surface area (Å²) in [6.07, 6.45) is 0. The van der Waals surface area contributed by atoms with Crippen molar-refractivity contribution in [3.05, 3.63) is 48.0 Å². The summed E-state index contributed by atoms with van der Waals surface area (Å²) in [7, 11) is 1.73. The molecule has 0 unspecified atom stereocenters. The van der Waals surface area contributed by atoms with Gasteiger partial charge in [-0.15, -0.1) is 0 Å². The maximum atomic E-state index is 5.60. The van der Waals surface area contributed by atoms with Crippen LogP contribution in [0.4, 0.5) is 0 Å². The molecule has 0 saturated heterocycles. The number of hydrogen-bond acceptors (Lipinski definition) is 3. The Labute approximate surface area is 149 Å². The van der Waals surface area contributed by atoms with Crippen LogP contribution in [0.5, 0.6) is 5.75 Å². The van der Waals surface area contributed by atoms with Crippen LogP contribution in [0.1, 0.15) is 33.3 Å². The standard InChI is InChI=1S/C21H27N3O/c1-14(2)24(15(3)4)13-17-12-16(10-11-20(17)25-5)21-22-18-8-6-7-9-19(18)23-21/h6-12,14-15H,13H2,1-5H3,(H,22,23). The fourth-order valence-electron chi connectivity index (χ4n) is 3.30. The first-order chi connectivity index (χ1) is 12.0. The van der Waals surface area contributed by atoms with Gasteiger partial charge in [0.15, 0.2) is 0 Å². The van der Waals surface area contributed by atoms with Crippen LogP contribution in [-0.2, 0) is 6.54 Å². The number of benzene rings is 2. The van der Waals surface area contributed by atoms with Crippen molar-refractivity contribution in [2.75, 3.05) is 7.11 Å². The Morgan fingerprint density at radius 3 is 2.40 bits per heavy atom. The lowest BCUT2D eigenvalue weighted by Crippen LogP contribution is -2.36. The highest BCUT2D eigenvalue weighted by atomic mass is 16.5. The first-order valence-electron chi connectivity index (χ1n) is 8.87. The number of methoxy groups -OCH3 is 1. The average Bonchev–Trinajstić information content (AvgIpc) is 3.03. The van der Waals surface area contributed by atoms with Crippen molar-refractivity contribution in [1.29, 1.82) is 0 Å². The number of nitrogens with zero attached hydrogens (tertiary/aromatic N) is 2. The zero-order chi connectivity index (χ0) is 18.0. The molecule has 2 aromatic carbocycles. The van der Waals surface area contributed by atoms with Gasteiger partial charge >= 0.3 is 0 Å². The van der Waals surface area contributed by atoms with Gasteiger partial charge in [-0.05, 0) is 58.0 Å². The van der Waals surface area contributed by atoms with Gasteiger partial charge < -0.3 is 9.72 Å². The van der Waals surface area contributed by atoms with Crippen LogP contribution in [-0.4, -0.2) is 34.1 Å². The normalized spacial score (nSPS) is 11.8. The molecule has 0 saturated carbocycles. The van der Waals surface area contributed by atoms with E-state index in [0.29, 0.717) is 12.1 Å². The number of aromatic amines is 1. The Bertz CT molecular complexity index is 810. The third-order valence-corrected chi connectivity index (χ3v) is 4.62. The molecule has 1 N–H and O–H groups in total. The molecule has 0 radical (unpaired) electrons. The number of aromatic nitrogens is 2. The van der Waals surface area contributed by atoms with Crippen molar-refractivity contribution >= 4 is 11.0 Å². The van der Waals surface area contributed by atoms with Crippen LogP contribution in [0.2, 0.25) is 0 Å². The maximum absolute atomic E-state index is 5.60. The molecule has 0 fully saturated rings. The summed E-state index contributed by atoms with van der Waals surface area (Å²) in [5.41, 5.74) is 4.31. The molecule has 132 valence electrons. The van der Waals surface area contributed by atoms with Crippen molar-refractivity contribution in [1.82, 2.24) is 14.9 Å². The zero-order valence-corrected chi connectivity index (χ0v) is 15.7. The molecular formula is C21H27N3O. The first kappa shape index (κ1) is 17.5. The molecule has 4 heteroatoms. The quantitative estimate of drug-likeness (QED) is 0.698. The lowest BCUT2D eigenvalue weighted by molar-refractivity contribution is 0.164. The van der Waals surface area contributed by atoms with Crippen molar-refractivity contribution in [3.8, 4) is 17.1 Å². The molecule has 3 aromatic rings. The van der Waals surface area contributed by atoms with E-state index in [1.54, 1.807) is 7.11 Å². The smallest absolute Gasteiger partial charge is 0.138 e. The second kappa shape index (κ2) is 7.28. The van der Waals surface area contributed by atoms with Gasteiger partial charge in [-0.3, -0.25) is 4.90 Å². The van der Waals surface area contributed by atoms with E-state index in [0.717, 1.165) is 34.7 Å². The van der Waals surface area contributed by atoms with Gasteiger partial charge in [-0.25, -0.2) is 4.98 Å². The fourth-order valence-corrected chi connectivity index (χ4v) is 3.30. The van der Waals surface area contributed by atoms with Gasteiger partial charge in [0.2, 0.25) is 0 Å². The van der Waals surface area contributed by atoms with Crippen LogP contribution in [0.25, 0.3) is 22.4 Å². The van der Waals surface area contributed by atoms with E-state index in [-0.39, 0.29) is 0 Å². The van der Waals surface area contributed by atoms with Crippen LogP contribution in [0.3, 0.4) is 0 Å². The largest absolute Gasteiger partial charge is 0.496 e. The van der Waals surface area contributed by atoms with Gasteiger partial charge in [-0.2, -0.15) is 0 Å². The van der Waals surface area contributed by atoms with E-state index in [9.17, 15) is 0 Å². The monoisotopic (exact) mass is 337 g/mol. The summed E-state index contributed by atoms with van der Waals surface area (Å²) in [6, 6.07) is 15.3.